The molecule has 0 fully saturated rings. The molecule has 11 heteroatoms. The molecule has 2 amide bonds. The lowest BCUT2D eigenvalue weighted by Crippen LogP contribution is -2.53. The molecule has 2 rings (SSSR count). The molecule has 0 bridgehead atoms. The summed E-state index contributed by atoms with van der Waals surface area (Å²) in [5.41, 5.74) is 0.413. The van der Waals surface area contributed by atoms with E-state index >= 15 is 0 Å². The van der Waals surface area contributed by atoms with Gasteiger partial charge in [0.2, 0.25) is 11.8 Å². The lowest BCUT2D eigenvalue weighted by atomic mass is 10.1. The van der Waals surface area contributed by atoms with Crippen molar-refractivity contribution in [2.75, 3.05) is 32.1 Å². The van der Waals surface area contributed by atoms with Crippen molar-refractivity contribution in [2.45, 2.75) is 45.8 Å². The Hall–Kier alpha value is -3.18. The predicted molar refractivity (Wildman–Crippen MR) is 137 cm³/mol. The normalized spacial score (nSPS) is 13.1. The molecule has 198 valence electrons. The van der Waals surface area contributed by atoms with Crippen molar-refractivity contribution >= 4 is 27.7 Å². The van der Waals surface area contributed by atoms with Gasteiger partial charge in [0.1, 0.15) is 24.2 Å². The van der Waals surface area contributed by atoms with E-state index in [1.807, 2.05) is 13.8 Å². The maximum atomic E-state index is 14.7. The van der Waals surface area contributed by atoms with Crippen LogP contribution in [0.2, 0.25) is 0 Å². The lowest BCUT2D eigenvalue weighted by Gasteiger charge is -2.33. The van der Waals surface area contributed by atoms with E-state index in [0.29, 0.717) is 22.0 Å². The third kappa shape index (κ3) is 7.17. The van der Waals surface area contributed by atoms with Crippen LogP contribution >= 0.6 is 0 Å². The summed E-state index contributed by atoms with van der Waals surface area (Å²) in [6.07, 6.45) is 0.699. The topological polar surface area (TPSA) is 99.3 Å². The highest BCUT2D eigenvalue weighted by Gasteiger charge is 2.33. The van der Waals surface area contributed by atoms with Crippen molar-refractivity contribution < 1.29 is 27.1 Å². The van der Waals surface area contributed by atoms with Crippen LogP contribution in [0, 0.1) is 5.82 Å². The second kappa shape index (κ2) is 12.7. The number of nitrogens with zero attached hydrogens (tertiary/aromatic N) is 3. The monoisotopic (exact) mass is 522 g/mol. The fourth-order valence-electron chi connectivity index (χ4n) is 3.37. The first-order valence-electron chi connectivity index (χ1n) is 11.6. The molecule has 36 heavy (non-hydrogen) atoms. The average Bonchev–Trinajstić information content (AvgIpc) is 2.85. The van der Waals surface area contributed by atoms with Crippen molar-refractivity contribution in [3.05, 3.63) is 59.9 Å². The van der Waals surface area contributed by atoms with Crippen LogP contribution in [0.3, 0.4) is 0 Å². The van der Waals surface area contributed by atoms with Crippen molar-refractivity contribution in [2.24, 2.45) is 0 Å². The van der Waals surface area contributed by atoms with Crippen LogP contribution in [-0.4, -0.2) is 69.3 Å². The molecule has 0 aromatic heterocycles. The van der Waals surface area contributed by atoms with Gasteiger partial charge in [0.05, 0.1) is 12.8 Å². The van der Waals surface area contributed by atoms with E-state index in [4.69, 9.17) is 4.74 Å². The first kappa shape index (κ1) is 29.1. The van der Waals surface area contributed by atoms with E-state index in [1.54, 1.807) is 31.2 Å². The van der Waals surface area contributed by atoms with Crippen LogP contribution in [0.1, 0.15) is 32.8 Å². The van der Waals surface area contributed by atoms with Gasteiger partial charge in [0.25, 0.3) is 0 Å². The Morgan fingerprint density at radius 2 is 1.75 bits per heavy atom. The maximum Gasteiger partial charge on any atom is 0.304 e. The summed E-state index contributed by atoms with van der Waals surface area (Å²) in [4.78, 5) is 27.9. The number of carbonyl (C=O) groups is 2. The molecule has 0 aliphatic carbocycles. The SMILES string of the molecule is CC[C@@H](C)NC(=O)[C@@H](C)N(Cc1cccc(OC)c1)C(=O)CN(c1ccccc1F)S(=O)(=O)N(C)C. The van der Waals surface area contributed by atoms with Gasteiger partial charge in [-0.1, -0.05) is 31.2 Å². The number of hydrogen-bond donors (Lipinski definition) is 1. The number of methoxy groups -OCH3 is 1. The highest BCUT2D eigenvalue weighted by Crippen LogP contribution is 2.24. The summed E-state index contributed by atoms with van der Waals surface area (Å²) >= 11 is 0. The molecule has 9 nitrogen and oxygen atoms in total. The Kier molecular flexibility index (Phi) is 10.2. The summed E-state index contributed by atoms with van der Waals surface area (Å²) in [6, 6.07) is 11.3. The molecule has 0 aliphatic rings. The van der Waals surface area contributed by atoms with Gasteiger partial charge in [-0.2, -0.15) is 12.7 Å². The third-order valence-corrected chi connectivity index (χ3v) is 7.60. The zero-order chi connectivity index (χ0) is 27.0. The van der Waals surface area contributed by atoms with Gasteiger partial charge in [0, 0.05) is 26.7 Å². The zero-order valence-corrected chi connectivity index (χ0v) is 22.4. The number of nitrogens with one attached hydrogen (secondary N) is 1. The minimum atomic E-state index is -4.24. The number of carbonyl (C=O) groups excluding carboxylic acids is 2. The minimum absolute atomic E-state index is 0.0122. The molecular formula is C25H35FN4O5S. The number of benzene rings is 2. The van der Waals surface area contributed by atoms with Crippen molar-refractivity contribution in [3.63, 3.8) is 0 Å². The van der Waals surface area contributed by atoms with Crippen molar-refractivity contribution in [1.82, 2.24) is 14.5 Å². The van der Waals surface area contributed by atoms with Crippen LogP contribution in [0.4, 0.5) is 10.1 Å². The molecule has 0 aliphatic heterocycles. The fourth-order valence-corrected chi connectivity index (χ4v) is 4.44. The molecule has 0 heterocycles. The minimum Gasteiger partial charge on any atom is -0.497 e. The van der Waals surface area contributed by atoms with Crippen molar-refractivity contribution in [3.8, 4) is 5.75 Å². The quantitative estimate of drug-likeness (QED) is 0.462. The molecule has 0 radical (unpaired) electrons. The lowest BCUT2D eigenvalue weighted by molar-refractivity contribution is -0.139. The van der Waals surface area contributed by atoms with Gasteiger partial charge >= 0.3 is 10.2 Å². The number of halogens is 1. The number of ether oxygens (including phenoxy) is 1. The molecule has 0 saturated heterocycles. The number of anilines is 1. The summed E-state index contributed by atoms with van der Waals surface area (Å²) in [5.74, 6) is -1.27. The van der Waals surface area contributed by atoms with E-state index in [1.165, 1.54) is 44.3 Å². The standard InChI is InChI=1S/C25H35FN4O5S/c1-7-18(2)27-25(32)19(3)29(16-20-11-10-12-21(15-20)35-6)24(31)17-30(36(33,34)28(4)5)23-14-9-8-13-22(23)26/h8-15,18-19H,7,16-17H2,1-6H3,(H,27,32)/t18-,19-/m1/s1. The average molecular weight is 523 g/mol. The molecule has 0 spiro atoms. The summed E-state index contributed by atoms with van der Waals surface area (Å²) in [7, 11) is -0.129. The Morgan fingerprint density at radius 1 is 1.08 bits per heavy atom. The molecule has 2 aromatic rings. The van der Waals surface area contributed by atoms with Gasteiger partial charge < -0.3 is 15.0 Å². The van der Waals surface area contributed by atoms with Crippen LogP contribution in [0.25, 0.3) is 0 Å². The Balaban J connectivity index is 2.48. The van der Waals surface area contributed by atoms with Gasteiger partial charge in [-0.05, 0) is 50.1 Å². The van der Waals surface area contributed by atoms with E-state index in [9.17, 15) is 22.4 Å². The molecule has 2 aromatic carbocycles. The smallest absolute Gasteiger partial charge is 0.304 e. The van der Waals surface area contributed by atoms with E-state index in [2.05, 4.69) is 5.32 Å². The van der Waals surface area contributed by atoms with Crippen LogP contribution in [0.15, 0.2) is 48.5 Å². The number of rotatable bonds is 12. The molecular weight excluding hydrogens is 487 g/mol. The number of hydrogen-bond acceptors (Lipinski definition) is 5. The van der Waals surface area contributed by atoms with Crippen LogP contribution in [0.5, 0.6) is 5.75 Å². The molecule has 0 unspecified atom stereocenters. The molecule has 1 N–H and O–H groups in total. The van der Waals surface area contributed by atoms with E-state index in [0.717, 1.165) is 10.4 Å². The summed E-state index contributed by atoms with van der Waals surface area (Å²) in [5, 5.41) is 2.86. The predicted octanol–water partition coefficient (Wildman–Crippen LogP) is 2.78. The molecule has 0 saturated carbocycles. The van der Waals surface area contributed by atoms with E-state index < -0.39 is 34.5 Å². The maximum absolute atomic E-state index is 14.7. The number of amides is 2. The first-order valence-corrected chi connectivity index (χ1v) is 13.0. The Morgan fingerprint density at radius 3 is 2.33 bits per heavy atom. The summed E-state index contributed by atoms with van der Waals surface area (Å²) in [6.45, 7) is 4.66. The van der Waals surface area contributed by atoms with Crippen LogP contribution < -0.4 is 14.4 Å². The highest BCUT2D eigenvalue weighted by atomic mass is 32.2. The Bertz CT molecular complexity index is 1160. The highest BCUT2D eigenvalue weighted by molar-refractivity contribution is 7.90. The third-order valence-electron chi connectivity index (χ3n) is 5.80. The largest absolute Gasteiger partial charge is 0.497 e. The van der Waals surface area contributed by atoms with E-state index in [-0.39, 0.29) is 24.2 Å². The van der Waals surface area contributed by atoms with Gasteiger partial charge in [-0.15, -0.1) is 0 Å². The fraction of sp³-hybridized carbons (Fsp3) is 0.440. The van der Waals surface area contributed by atoms with Crippen molar-refractivity contribution in [1.29, 1.82) is 0 Å². The zero-order valence-electron chi connectivity index (χ0n) is 21.6. The summed E-state index contributed by atoms with van der Waals surface area (Å²) < 4.78 is 47.7. The van der Waals surface area contributed by atoms with Gasteiger partial charge in [-0.25, -0.2) is 8.70 Å². The second-order valence-electron chi connectivity index (χ2n) is 8.62. The van der Waals surface area contributed by atoms with Crippen LogP contribution in [-0.2, 0) is 26.3 Å². The molecule has 2 atom stereocenters. The van der Waals surface area contributed by atoms with Gasteiger partial charge in [0.15, 0.2) is 0 Å². The number of para-hydroxylation sites is 1. The van der Waals surface area contributed by atoms with Gasteiger partial charge in [-0.3, -0.25) is 9.59 Å². The Labute approximate surface area is 213 Å². The second-order valence-corrected chi connectivity index (χ2v) is 10.7. The first-order chi connectivity index (χ1) is 16.9.